The average molecular weight is 691 g/mol. The van der Waals surface area contributed by atoms with Gasteiger partial charge in [0.25, 0.3) is 0 Å². The Bertz CT molecular complexity index is 3140. The van der Waals surface area contributed by atoms with E-state index in [9.17, 15) is 0 Å². The fourth-order valence-electron chi connectivity index (χ4n) is 7.88. The van der Waals surface area contributed by atoms with Gasteiger partial charge in [-0.05, 0) is 52.2 Å². The fraction of sp³-hybridized carbons (Fsp3) is 0. The smallest absolute Gasteiger partial charge is 0.164 e. The lowest BCUT2D eigenvalue weighted by Gasteiger charge is -2.12. The van der Waals surface area contributed by atoms with E-state index in [4.69, 9.17) is 19.4 Å². The van der Waals surface area contributed by atoms with Crippen LogP contribution >= 0.6 is 0 Å². The minimum Gasteiger partial charge on any atom is -0.454 e. The molecule has 8 aromatic carbocycles. The highest BCUT2D eigenvalue weighted by Crippen LogP contribution is 2.43. The summed E-state index contributed by atoms with van der Waals surface area (Å²) in [7, 11) is 0. The third-order valence-corrected chi connectivity index (χ3v) is 10.4. The molecule has 252 valence electrons. The number of furan rings is 1. The van der Waals surface area contributed by atoms with Crippen molar-refractivity contribution in [2.45, 2.75) is 0 Å². The van der Waals surface area contributed by atoms with Gasteiger partial charge in [0.15, 0.2) is 23.1 Å². The summed E-state index contributed by atoms with van der Waals surface area (Å²) in [6.07, 6.45) is 0. The van der Waals surface area contributed by atoms with E-state index in [2.05, 4.69) is 120 Å². The van der Waals surface area contributed by atoms with Gasteiger partial charge in [-0.2, -0.15) is 0 Å². The second-order valence-electron chi connectivity index (χ2n) is 13.6. The standard InChI is InChI=1S/C49H30N4O/c1-3-13-32(14-4-1)47-50-48(33-15-5-2-6-16-33)52-49(51-47)34-25-23-31(24-26-34)37-27-28-42(46-45(37)39-20-10-12-22-44(39)54-46)53-41-21-11-9-19-38(41)40-29-35-17-7-8-18-36(35)30-43(40)53/h1-30H. The summed E-state index contributed by atoms with van der Waals surface area (Å²) < 4.78 is 9.18. The fourth-order valence-corrected chi connectivity index (χ4v) is 7.88. The molecule has 0 atom stereocenters. The molecule has 0 amide bonds. The largest absolute Gasteiger partial charge is 0.454 e. The molecule has 11 rings (SSSR count). The number of aromatic nitrogens is 4. The topological polar surface area (TPSA) is 56.7 Å². The molecule has 0 aliphatic heterocycles. The quantitative estimate of drug-likeness (QED) is 0.180. The van der Waals surface area contributed by atoms with E-state index in [1.807, 2.05) is 66.7 Å². The number of fused-ring (bicyclic) bond motifs is 7. The van der Waals surface area contributed by atoms with E-state index in [0.29, 0.717) is 17.5 Å². The third-order valence-electron chi connectivity index (χ3n) is 10.4. The lowest BCUT2D eigenvalue weighted by Crippen LogP contribution is -2.00. The third kappa shape index (κ3) is 4.83. The van der Waals surface area contributed by atoms with Gasteiger partial charge in [0, 0.05) is 38.2 Å². The van der Waals surface area contributed by atoms with Crippen LogP contribution in [0.1, 0.15) is 0 Å². The van der Waals surface area contributed by atoms with Gasteiger partial charge in [0.05, 0.1) is 16.7 Å². The van der Waals surface area contributed by atoms with E-state index >= 15 is 0 Å². The van der Waals surface area contributed by atoms with Gasteiger partial charge in [-0.1, -0.05) is 152 Å². The molecular weight excluding hydrogens is 661 g/mol. The highest BCUT2D eigenvalue weighted by Gasteiger charge is 2.21. The molecule has 5 heteroatoms. The molecule has 0 N–H and O–H groups in total. The average Bonchev–Trinajstić information content (AvgIpc) is 3.79. The van der Waals surface area contributed by atoms with Crippen molar-refractivity contribution in [3.8, 4) is 51.0 Å². The van der Waals surface area contributed by atoms with Gasteiger partial charge in [0.1, 0.15) is 5.58 Å². The zero-order valence-corrected chi connectivity index (χ0v) is 29.0. The molecule has 0 radical (unpaired) electrons. The first kappa shape index (κ1) is 30.3. The molecular formula is C49H30N4O. The van der Waals surface area contributed by atoms with Crippen molar-refractivity contribution in [1.29, 1.82) is 0 Å². The second kappa shape index (κ2) is 12.1. The maximum atomic E-state index is 6.81. The van der Waals surface area contributed by atoms with E-state index in [1.54, 1.807) is 0 Å². The lowest BCUT2D eigenvalue weighted by molar-refractivity contribution is 0.666. The number of hydrogen-bond acceptors (Lipinski definition) is 4. The van der Waals surface area contributed by atoms with E-state index in [0.717, 1.165) is 66.5 Å². The van der Waals surface area contributed by atoms with Gasteiger partial charge in [-0.3, -0.25) is 0 Å². The Hall–Kier alpha value is -7.37. The molecule has 0 spiro atoms. The van der Waals surface area contributed by atoms with Crippen molar-refractivity contribution < 1.29 is 4.42 Å². The minimum atomic E-state index is 0.627. The van der Waals surface area contributed by atoms with Crippen LogP contribution in [0, 0.1) is 0 Å². The zero-order chi connectivity index (χ0) is 35.6. The second-order valence-corrected chi connectivity index (χ2v) is 13.6. The summed E-state index contributed by atoms with van der Waals surface area (Å²) in [5, 5.41) is 7.03. The molecule has 0 aliphatic rings. The Balaban J connectivity index is 1.09. The summed E-state index contributed by atoms with van der Waals surface area (Å²) in [5.41, 5.74) is 9.99. The summed E-state index contributed by atoms with van der Waals surface area (Å²) >= 11 is 0. The Kier molecular flexibility index (Phi) is 6.79. The van der Waals surface area contributed by atoms with Crippen molar-refractivity contribution in [3.63, 3.8) is 0 Å². The van der Waals surface area contributed by atoms with Crippen LogP contribution in [0.3, 0.4) is 0 Å². The van der Waals surface area contributed by atoms with Crippen LogP contribution in [-0.2, 0) is 0 Å². The Morgan fingerprint density at radius 2 is 0.926 bits per heavy atom. The normalized spacial score (nSPS) is 11.7. The number of nitrogens with zero attached hydrogens (tertiary/aromatic N) is 4. The Labute approximate surface area is 310 Å². The van der Waals surface area contributed by atoms with Crippen molar-refractivity contribution in [1.82, 2.24) is 19.5 Å². The Morgan fingerprint density at radius 1 is 0.389 bits per heavy atom. The maximum absolute atomic E-state index is 6.81. The molecule has 3 aromatic heterocycles. The van der Waals surface area contributed by atoms with Crippen LogP contribution in [0.15, 0.2) is 186 Å². The van der Waals surface area contributed by atoms with Crippen molar-refractivity contribution in [2.24, 2.45) is 0 Å². The highest BCUT2D eigenvalue weighted by atomic mass is 16.3. The summed E-state index contributed by atoms with van der Waals surface area (Å²) in [4.78, 5) is 14.8. The monoisotopic (exact) mass is 690 g/mol. The molecule has 54 heavy (non-hydrogen) atoms. The first-order valence-electron chi connectivity index (χ1n) is 18.1. The highest BCUT2D eigenvalue weighted by molar-refractivity contribution is 6.18. The molecule has 0 fully saturated rings. The first-order chi connectivity index (χ1) is 26.8. The molecule has 0 saturated heterocycles. The van der Waals surface area contributed by atoms with Crippen LogP contribution < -0.4 is 0 Å². The molecule has 5 nitrogen and oxygen atoms in total. The van der Waals surface area contributed by atoms with E-state index in [1.165, 1.54) is 21.5 Å². The van der Waals surface area contributed by atoms with Crippen molar-refractivity contribution in [2.75, 3.05) is 0 Å². The first-order valence-corrected chi connectivity index (χ1v) is 18.1. The molecule has 3 heterocycles. The van der Waals surface area contributed by atoms with Gasteiger partial charge < -0.3 is 8.98 Å². The number of para-hydroxylation sites is 2. The summed E-state index contributed by atoms with van der Waals surface area (Å²) in [6.45, 7) is 0. The summed E-state index contributed by atoms with van der Waals surface area (Å²) in [6, 6.07) is 63.3. The van der Waals surface area contributed by atoms with Crippen molar-refractivity contribution in [3.05, 3.63) is 182 Å². The van der Waals surface area contributed by atoms with Crippen LogP contribution in [-0.4, -0.2) is 19.5 Å². The maximum Gasteiger partial charge on any atom is 0.164 e. The molecule has 0 unspecified atom stereocenters. The van der Waals surface area contributed by atoms with Crippen LogP contribution in [0.25, 0.3) is 105 Å². The van der Waals surface area contributed by atoms with Gasteiger partial charge in [0.2, 0.25) is 0 Å². The predicted molar refractivity (Wildman–Crippen MR) is 221 cm³/mol. The Morgan fingerprint density at radius 3 is 1.61 bits per heavy atom. The molecule has 0 saturated carbocycles. The van der Waals surface area contributed by atoms with Gasteiger partial charge in [-0.25, -0.2) is 15.0 Å². The predicted octanol–water partition coefficient (Wildman–Crippen LogP) is 12.7. The summed E-state index contributed by atoms with van der Waals surface area (Å²) in [5.74, 6) is 1.91. The van der Waals surface area contributed by atoms with E-state index < -0.39 is 0 Å². The van der Waals surface area contributed by atoms with Crippen LogP contribution in [0.4, 0.5) is 0 Å². The van der Waals surface area contributed by atoms with E-state index in [-0.39, 0.29) is 0 Å². The number of benzene rings is 8. The minimum absolute atomic E-state index is 0.627. The van der Waals surface area contributed by atoms with Gasteiger partial charge in [-0.15, -0.1) is 0 Å². The molecule has 11 aromatic rings. The molecule has 0 bridgehead atoms. The number of hydrogen-bond donors (Lipinski definition) is 0. The van der Waals surface area contributed by atoms with Crippen molar-refractivity contribution >= 4 is 54.5 Å². The van der Waals surface area contributed by atoms with Gasteiger partial charge >= 0.3 is 0 Å². The SMILES string of the molecule is c1ccc(-c2nc(-c3ccccc3)nc(-c3ccc(-c4ccc(-n5c6ccccc6c6cc7ccccc7cc65)c5oc6ccccc6c45)cc3)n2)cc1. The van der Waals surface area contributed by atoms with Crippen LogP contribution in [0.2, 0.25) is 0 Å². The lowest BCUT2D eigenvalue weighted by atomic mass is 9.97. The van der Waals surface area contributed by atoms with Crippen LogP contribution in [0.5, 0.6) is 0 Å². The zero-order valence-electron chi connectivity index (χ0n) is 29.0. The number of rotatable bonds is 5. The molecule has 0 aliphatic carbocycles.